The molecule has 0 saturated carbocycles. The minimum Gasteiger partial charge on any atom is -0.367 e. The standard InChI is InChI=1S/C26H30FN9O2S3.C25H27N7O2S3/c1-2-21-31-32-26(40-21)33-41(37,38)19-5-3-17(4-6-19)13-22(39)34-9-11-35(12-10-34)25-23-20(36-8-7-18(27)15-36)14-28-24(23)29-16-30-25;1-3-22-28-29-25(36-22)30-37(33,34)19-7-5-18(6-8-19)15-23(35)31-10-12-32(13-11-31)24-20-9-4-17(2)14-21(20)26-16-27-24/h3-6,14,16,18H,2,7-13,15H2,1H3,(H,32,33)(H,28,29,30);4-9,14,16H,3,10-13,15H2,1-2H3,(H,29,30)/t18-;/m0./s1. The van der Waals surface area contributed by atoms with E-state index in [2.05, 4.69) is 104 Å². The van der Waals surface area contributed by atoms with Crippen LogP contribution in [0.15, 0.2) is 95.4 Å². The van der Waals surface area contributed by atoms with Crippen molar-refractivity contribution in [3.8, 4) is 0 Å². The van der Waals surface area contributed by atoms with Gasteiger partial charge in [0.2, 0.25) is 10.3 Å². The van der Waals surface area contributed by atoms with Gasteiger partial charge in [-0.3, -0.25) is 9.44 Å². The lowest BCUT2D eigenvalue weighted by Gasteiger charge is -2.37. The molecule has 0 unspecified atom stereocenters. The quantitative estimate of drug-likeness (QED) is 0.0858. The van der Waals surface area contributed by atoms with Crippen LogP contribution in [-0.4, -0.2) is 154 Å². The summed E-state index contributed by atoms with van der Waals surface area (Å²) in [4.78, 5) is 34.2. The van der Waals surface area contributed by atoms with E-state index in [0.717, 1.165) is 123 Å². The van der Waals surface area contributed by atoms with Crippen LogP contribution in [0.5, 0.6) is 0 Å². The summed E-state index contributed by atoms with van der Waals surface area (Å²) in [6, 6.07) is 19.8. The van der Waals surface area contributed by atoms with Gasteiger partial charge in [-0.15, -0.1) is 20.4 Å². The Labute approximate surface area is 470 Å². The van der Waals surface area contributed by atoms with Gasteiger partial charge in [0.1, 0.15) is 46.1 Å². The molecule has 11 rings (SSSR count). The minimum atomic E-state index is -3.75. The number of aromatic amines is 1. The number of hydrogen-bond acceptors (Lipinski definition) is 19. The molecule has 3 aliphatic heterocycles. The number of nitrogens with zero attached hydrogens (tertiary/aromatic N) is 13. The van der Waals surface area contributed by atoms with Crippen molar-refractivity contribution in [2.45, 2.75) is 68.8 Å². The number of rotatable bonds is 15. The average molecular weight is 1170 g/mol. The van der Waals surface area contributed by atoms with Crippen molar-refractivity contribution in [3.05, 3.63) is 112 Å². The van der Waals surface area contributed by atoms with E-state index in [1.54, 1.807) is 49.1 Å². The Kier molecular flexibility index (Phi) is 16.7. The topological polar surface area (TPSA) is 227 Å². The molecule has 0 amide bonds. The monoisotopic (exact) mass is 1170 g/mol. The molecule has 0 radical (unpaired) electrons. The predicted octanol–water partition coefficient (Wildman–Crippen LogP) is 7.26. The Bertz CT molecular complexity index is 3660. The molecule has 8 aromatic rings. The highest BCUT2D eigenvalue weighted by atomic mass is 32.2. The third-order valence-corrected chi connectivity index (χ3v) is 19.4. The van der Waals surface area contributed by atoms with E-state index < -0.39 is 26.2 Å². The van der Waals surface area contributed by atoms with Gasteiger partial charge in [0.25, 0.3) is 20.0 Å². The normalized spacial score (nSPS) is 16.2. The lowest BCUT2D eigenvalue weighted by Crippen LogP contribution is -2.49. The summed E-state index contributed by atoms with van der Waals surface area (Å²) in [5, 5.41) is 19.8. The summed E-state index contributed by atoms with van der Waals surface area (Å²) in [5.41, 5.74) is 5.73. The number of sulfonamides is 2. The number of benzene rings is 3. The van der Waals surface area contributed by atoms with E-state index in [-0.39, 0.29) is 20.1 Å². The van der Waals surface area contributed by atoms with E-state index in [1.165, 1.54) is 28.2 Å². The number of hydrogen-bond donors (Lipinski definition) is 3. The number of anilines is 5. The van der Waals surface area contributed by atoms with E-state index in [0.29, 0.717) is 45.2 Å². The zero-order valence-electron chi connectivity index (χ0n) is 43.0. The molecular formula is C51H57FN16O4S6. The zero-order valence-corrected chi connectivity index (χ0v) is 47.9. The second-order valence-corrected chi connectivity index (χ2v) is 25.4. The Morgan fingerprint density at radius 3 is 1.67 bits per heavy atom. The molecule has 0 spiro atoms. The van der Waals surface area contributed by atoms with Crippen LogP contribution in [0.3, 0.4) is 0 Å². The third kappa shape index (κ3) is 12.6. The summed E-state index contributed by atoms with van der Waals surface area (Å²) >= 11 is 14.0. The smallest absolute Gasteiger partial charge is 0.263 e. The van der Waals surface area contributed by atoms with Crippen LogP contribution in [0.2, 0.25) is 0 Å². The van der Waals surface area contributed by atoms with E-state index in [1.807, 2.05) is 32.2 Å². The maximum absolute atomic E-state index is 13.9. The SMILES string of the molecule is CCc1nnc(NS(=O)(=O)c2ccc(CC(=S)N3CCN(c4ncnc5[nH]cc(N6CC[C@H](F)C6)c45)CC3)cc2)s1.CCc1nnc(NS(=O)(=O)c2ccc(CC(=S)N3CCN(c4ncnc5cc(C)ccc45)CC3)cc2)s1. The van der Waals surface area contributed by atoms with Gasteiger partial charge in [-0.2, -0.15) is 0 Å². The minimum absolute atomic E-state index is 0.158. The first-order valence-electron chi connectivity index (χ1n) is 25.5. The van der Waals surface area contributed by atoms with Crippen molar-refractivity contribution in [2.75, 3.05) is 89.6 Å². The summed E-state index contributed by atoms with van der Waals surface area (Å²) in [7, 11) is -7.48. The lowest BCUT2D eigenvalue weighted by atomic mass is 10.1. The number of aromatic nitrogens is 9. The Balaban J connectivity index is 0.000000177. The highest BCUT2D eigenvalue weighted by Gasteiger charge is 2.29. The molecule has 3 aliphatic rings. The Morgan fingerprint density at radius 1 is 0.654 bits per heavy atom. The number of nitrogens with one attached hydrogen (secondary N) is 3. The summed E-state index contributed by atoms with van der Waals surface area (Å²) in [5.74, 6) is 1.81. The molecule has 1 atom stereocenters. The molecule has 0 aliphatic carbocycles. The predicted molar refractivity (Wildman–Crippen MR) is 313 cm³/mol. The van der Waals surface area contributed by atoms with Crippen molar-refractivity contribution < 1.29 is 21.2 Å². The second-order valence-electron chi connectivity index (χ2n) is 18.9. The molecule has 3 N–H and O–H groups in total. The fourth-order valence-electron chi connectivity index (χ4n) is 9.47. The maximum Gasteiger partial charge on any atom is 0.263 e. The molecule has 5 aromatic heterocycles. The van der Waals surface area contributed by atoms with E-state index >= 15 is 0 Å². The van der Waals surface area contributed by atoms with Crippen LogP contribution in [-0.2, 0) is 45.7 Å². The Hall–Kier alpha value is -6.65. The van der Waals surface area contributed by atoms with Gasteiger partial charge in [0.05, 0.1) is 36.4 Å². The summed E-state index contributed by atoms with van der Waals surface area (Å²) in [6.07, 6.45) is 7.33. The van der Waals surface area contributed by atoms with Crippen LogP contribution in [0.25, 0.3) is 21.9 Å². The maximum atomic E-state index is 13.9. The number of aryl methyl sites for hydroxylation is 3. The van der Waals surface area contributed by atoms with Crippen molar-refractivity contribution >= 4 is 127 Å². The summed E-state index contributed by atoms with van der Waals surface area (Å²) in [6.45, 7) is 13.2. The fourth-order valence-corrected chi connectivity index (χ4v) is 14.0. The first-order chi connectivity index (χ1) is 37.6. The number of fused-ring (bicyclic) bond motifs is 2. The Morgan fingerprint density at radius 2 is 1.17 bits per heavy atom. The van der Waals surface area contributed by atoms with Crippen LogP contribution >= 0.6 is 47.1 Å². The van der Waals surface area contributed by atoms with E-state index in [4.69, 9.17) is 24.4 Å². The molecule has 27 heteroatoms. The largest absolute Gasteiger partial charge is 0.367 e. The van der Waals surface area contributed by atoms with Gasteiger partial charge in [-0.05, 0) is 79.3 Å². The van der Waals surface area contributed by atoms with Gasteiger partial charge < -0.3 is 29.5 Å². The molecule has 8 heterocycles. The van der Waals surface area contributed by atoms with Crippen molar-refractivity contribution in [1.82, 2.24) is 55.1 Å². The molecular weight excluding hydrogens is 1110 g/mol. The number of H-pyrrole nitrogens is 1. The van der Waals surface area contributed by atoms with Gasteiger partial charge in [0, 0.05) is 89.9 Å². The molecule has 3 saturated heterocycles. The number of alkyl halides is 1. The van der Waals surface area contributed by atoms with Crippen LogP contribution in [0.4, 0.5) is 32.0 Å². The average Bonchev–Trinajstić information content (AvgIpc) is 4.32. The number of halogens is 1. The molecule has 20 nitrogen and oxygen atoms in total. The van der Waals surface area contributed by atoms with Gasteiger partial charge >= 0.3 is 0 Å². The van der Waals surface area contributed by atoms with Crippen LogP contribution in [0.1, 0.15) is 47.0 Å². The van der Waals surface area contributed by atoms with Crippen molar-refractivity contribution in [2.24, 2.45) is 0 Å². The molecule has 3 aromatic carbocycles. The van der Waals surface area contributed by atoms with E-state index in [9.17, 15) is 21.2 Å². The van der Waals surface area contributed by atoms with Gasteiger partial charge in [-0.1, -0.05) is 91.3 Å². The first-order valence-corrected chi connectivity index (χ1v) is 30.9. The summed E-state index contributed by atoms with van der Waals surface area (Å²) < 4.78 is 69.8. The van der Waals surface area contributed by atoms with Crippen LogP contribution < -0.4 is 24.1 Å². The van der Waals surface area contributed by atoms with Crippen molar-refractivity contribution in [3.63, 3.8) is 0 Å². The van der Waals surface area contributed by atoms with Crippen molar-refractivity contribution in [1.29, 1.82) is 0 Å². The molecule has 3 fully saturated rings. The molecule has 0 bridgehead atoms. The van der Waals surface area contributed by atoms with Gasteiger partial charge in [-0.25, -0.2) is 41.2 Å². The molecule has 408 valence electrons. The highest BCUT2D eigenvalue weighted by molar-refractivity contribution is 7.93. The number of piperazine rings is 2. The van der Waals surface area contributed by atoms with Crippen LogP contribution in [0, 0.1) is 6.92 Å². The fraction of sp³-hybridized carbons (Fsp3) is 0.373. The second kappa shape index (κ2) is 23.8. The third-order valence-electron chi connectivity index (χ3n) is 13.7. The van der Waals surface area contributed by atoms with Gasteiger partial charge in [0.15, 0.2) is 0 Å². The number of thiocarbonyl (C=S) groups is 2. The highest BCUT2D eigenvalue weighted by Crippen LogP contribution is 2.35. The zero-order chi connectivity index (χ0) is 54.6. The lowest BCUT2D eigenvalue weighted by molar-refractivity contribution is 0.364. The molecule has 78 heavy (non-hydrogen) atoms. The first kappa shape index (κ1) is 54.7.